The van der Waals surface area contributed by atoms with Gasteiger partial charge in [0.1, 0.15) is 11.9 Å². The molecule has 98 valence electrons. The van der Waals surface area contributed by atoms with Crippen molar-refractivity contribution in [2.24, 2.45) is 0 Å². The van der Waals surface area contributed by atoms with Crippen molar-refractivity contribution < 1.29 is 9.53 Å². The number of nitrogens with two attached hydrogens (primary N) is 1. The quantitative estimate of drug-likeness (QED) is 0.872. The van der Waals surface area contributed by atoms with Gasteiger partial charge in [-0.1, -0.05) is 41.9 Å². The molecular weight excluding hydrogens is 264 g/mol. The summed E-state index contributed by atoms with van der Waals surface area (Å²) in [5, 5.41) is 0.362. The molecule has 2 N–H and O–H groups in total. The third-order valence-corrected chi connectivity index (χ3v) is 2.93. The molecule has 2 rings (SSSR count). The highest BCUT2D eigenvalue weighted by molar-refractivity contribution is 6.31. The lowest BCUT2D eigenvalue weighted by Gasteiger charge is -2.15. The maximum absolute atomic E-state index is 12.4. The summed E-state index contributed by atoms with van der Waals surface area (Å²) in [5.41, 5.74) is 6.74. The molecule has 0 fully saturated rings. The third kappa shape index (κ3) is 2.92. The van der Waals surface area contributed by atoms with E-state index in [1.165, 1.54) is 19.4 Å². The molecule has 0 bridgehead atoms. The minimum Gasteiger partial charge on any atom is -0.383 e. The molecule has 0 aliphatic heterocycles. The molecular formula is C14H13ClN2O2. The normalized spacial score (nSPS) is 12.1. The molecule has 0 saturated heterocycles. The highest BCUT2D eigenvalue weighted by atomic mass is 35.5. The number of rotatable bonds is 4. The zero-order valence-electron chi connectivity index (χ0n) is 10.3. The Kier molecular flexibility index (Phi) is 4.14. The van der Waals surface area contributed by atoms with Crippen LogP contribution in [-0.4, -0.2) is 17.9 Å². The van der Waals surface area contributed by atoms with Crippen LogP contribution in [0.15, 0.2) is 42.6 Å². The fourth-order valence-corrected chi connectivity index (χ4v) is 1.97. The Morgan fingerprint density at radius 1 is 1.37 bits per heavy atom. The minimum absolute atomic E-state index is 0.146. The van der Waals surface area contributed by atoms with Crippen molar-refractivity contribution in [1.29, 1.82) is 0 Å². The minimum atomic E-state index is -0.719. The van der Waals surface area contributed by atoms with Crippen molar-refractivity contribution in [3.05, 3.63) is 58.7 Å². The highest BCUT2D eigenvalue weighted by Crippen LogP contribution is 2.25. The molecule has 19 heavy (non-hydrogen) atoms. The molecule has 1 atom stereocenters. The number of Topliss-reactive ketones (excluding diaryl/α,β-unsaturated/α-hetero) is 1. The predicted molar refractivity (Wildman–Crippen MR) is 74.2 cm³/mol. The van der Waals surface area contributed by atoms with E-state index in [1.807, 2.05) is 30.3 Å². The van der Waals surface area contributed by atoms with Gasteiger partial charge in [-0.15, -0.1) is 0 Å². The van der Waals surface area contributed by atoms with Crippen LogP contribution < -0.4 is 5.73 Å². The van der Waals surface area contributed by atoms with Crippen LogP contribution in [0, 0.1) is 0 Å². The first-order valence-corrected chi connectivity index (χ1v) is 6.04. The van der Waals surface area contributed by atoms with E-state index >= 15 is 0 Å². The molecule has 5 heteroatoms. The van der Waals surface area contributed by atoms with Crippen LogP contribution in [-0.2, 0) is 4.74 Å². The van der Waals surface area contributed by atoms with Crippen LogP contribution in [0.25, 0.3) is 0 Å². The van der Waals surface area contributed by atoms with Crippen LogP contribution in [0.5, 0.6) is 0 Å². The summed E-state index contributed by atoms with van der Waals surface area (Å²) in [6.45, 7) is 0. The molecule has 1 aromatic heterocycles. The van der Waals surface area contributed by atoms with Crippen LogP contribution in [0.1, 0.15) is 22.0 Å². The Bertz CT molecular complexity index is 587. The van der Waals surface area contributed by atoms with Gasteiger partial charge in [-0.25, -0.2) is 4.98 Å². The number of aromatic nitrogens is 1. The van der Waals surface area contributed by atoms with Gasteiger partial charge in [0.2, 0.25) is 0 Å². The summed E-state index contributed by atoms with van der Waals surface area (Å²) in [5.74, 6) is -0.117. The number of methoxy groups -OCH3 is 1. The Morgan fingerprint density at radius 2 is 2.05 bits per heavy atom. The number of pyridine rings is 1. The molecule has 0 radical (unpaired) electrons. The lowest BCUT2D eigenvalue weighted by molar-refractivity contribution is 0.0605. The third-order valence-electron chi connectivity index (χ3n) is 2.73. The van der Waals surface area contributed by atoms with Crippen molar-refractivity contribution in [2.45, 2.75) is 6.10 Å². The van der Waals surface area contributed by atoms with Crippen LogP contribution in [0.2, 0.25) is 5.02 Å². The van der Waals surface area contributed by atoms with Crippen molar-refractivity contribution in [2.75, 3.05) is 12.8 Å². The first kappa shape index (κ1) is 13.5. The smallest absolute Gasteiger partial charge is 0.199 e. The van der Waals surface area contributed by atoms with Gasteiger partial charge in [-0.05, 0) is 11.6 Å². The summed E-state index contributed by atoms with van der Waals surface area (Å²) in [7, 11) is 1.48. The van der Waals surface area contributed by atoms with Gasteiger partial charge in [0.15, 0.2) is 5.78 Å². The van der Waals surface area contributed by atoms with E-state index in [4.69, 9.17) is 22.1 Å². The maximum Gasteiger partial charge on any atom is 0.199 e. The van der Waals surface area contributed by atoms with Crippen LogP contribution in [0.4, 0.5) is 5.82 Å². The standard InChI is InChI=1S/C14H13ClN2O2/c1-19-13(9-5-3-2-4-6-9)12(18)11-7-10(15)8-17-14(11)16/h2-8,13H,1H3,(H2,16,17). The maximum atomic E-state index is 12.4. The van der Waals surface area contributed by atoms with E-state index in [2.05, 4.69) is 4.98 Å². The number of benzene rings is 1. The molecule has 1 heterocycles. The van der Waals surface area contributed by atoms with Gasteiger partial charge >= 0.3 is 0 Å². The Morgan fingerprint density at radius 3 is 2.68 bits per heavy atom. The van der Waals surface area contributed by atoms with Crippen LogP contribution >= 0.6 is 11.6 Å². The number of ketones is 1. The van der Waals surface area contributed by atoms with Gasteiger partial charge < -0.3 is 10.5 Å². The van der Waals surface area contributed by atoms with Gasteiger partial charge in [0, 0.05) is 13.3 Å². The fourth-order valence-electron chi connectivity index (χ4n) is 1.81. The van der Waals surface area contributed by atoms with Gasteiger partial charge in [-0.3, -0.25) is 4.79 Å². The number of hydrogen-bond donors (Lipinski definition) is 1. The number of nitrogen functional groups attached to an aromatic ring is 1. The number of nitrogens with zero attached hydrogens (tertiary/aromatic N) is 1. The molecule has 1 unspecified atom stereocenters. The Hall–Kier alpha value is -1.91. The van der Waals surface area contributed by atoms with Crippen molar-refractivity contribution in [3.8, 4) is 0 Å². The summed E-state index contributed by atoms with van der Waals surface area (Å²) >= 11 is 5.84. The topological polar surface area (TPSA) is 65.2 Å². The number of anilines is 1. The summed E-state index contributed by atoms with van der Waals surface area (Å²) < 4.78 is 5.27. The molecule has 0 aliphatic rings. The first-order chi connectivity index (χ1) is 9.13. The average molecular weight is 277 g/mol. The zero-order chi connectivity index (χ0) is 13.8. The second kappa shape index (κ2) is 5.82. The molecule has 2 aromatic rings. The van der Waals surface area contributed by atoms with E-state index in [1.54, 1.807) is 0 Å². The average Bonchev–Trinajstić information content (AvgIpc) is 2.43. The zero-order valence-corrected chi connectivity index (χ0v) is 11.1. The molecule has 4 nitrogen and oxygen atoms in total. The van der Waals surface area contributed by atoms with E-state index in [0.29, 0.717) is 5.02 Å². The van der Waals surface area contributed by atoms with E-state index in [-0.39, 0.29) is 17.2 Å². The van der Waals surface area contributed by atoms with Crippen molar-refractivity contribution in [1.82, 2.24) is 4.98 Å². The first-order valence-electron chi connectivity index (χ1n) is 5.66. The molecule has 0 amide bonds. The fraction of sp³-hybridized carbons (Fsp3) is 0.143. The predicted octanol–water partition coefficient (Wildman–Crippen LogP) is 2.89. The van der Waals surface area contributed by atoms with E-state index in [9.17, 15) is 4.79 Å². The number of halogens is 1. The van der Waals surface area contributed by atoms with Gasteiger partial charge in [-0.2, -0.15) is 0 Å². The lowest BCUT2D eigenvalue weighted by Crippen LogP contribution is -2.17. The van der Waals surface area contributed by atoms with Crippen molar-refractivity contribution in [3.63, 3.8) is 0 Å². The van der Waals surface area contributed by atoms with Gasteiger partial charge in [0.05, 0.1) is 10.6 Å². The number of carbonyl (C=O) groups excluding carboxylic acids is 1. The van der Waals surface area contributed by atoms with Crippen molar-refractivity contribution >= 4 is 23.2 Å². The van der Waals surface area contributed by atoms with E-state index < -0.39 is 6.10 Å². The largest absolute Gasteiger partial charge is 0.383 e. The SMILES string of the molecule is COC(C(=O)c1cc(Cl)cnc1N)c1ccccc1. The Labute approximate surface area is 116 Å². The van der Waals surface area contributed by atoms with Gasteiger partial charge in [0.25, 0.3) is 0 Å². The Balaban J connectivity index is 2.39. The number of ether oxygens (including phenoxy) is 1. The number of carbonyl (C=O) groups is 1. The summed E-state index contributed by atoms with van der Waals surface area (Å²) in [4.78, 5) is 16.3. The molecule has 0 aliphatic carbocycles. The molecule has 1 aromatic carbocycles. The highest BCUT2D eigenvalue weighted by Gasteiger charge is 2.24. The number of hydrogen-bond acceptors (Lipinski definition) is 4. The molecule has 0 spiro atoms. The molecule has 0 saturated carbocycles. The lowest BCUT2D eigenvalue weighted by atomic mass is 10.0. The van der Waals surface area contributed by atoms with E-state index in [0.717, 1.165) is 5.56 Å². The summed E-state index contributed by atoms with van der Waals surface area (Å²) in [6.07, 6.45) is 0.682. The second-order valence-corrected chi connectivity index (χ2v) is 4.41. The second-order valence-electron chi connectivity index (χ2n) is 3.98. The monoisotopic (exact) mass is 276 g/mol. The summed E-state index contributed by atoms with van der Waals surface area (Å²) in [6, 6.07) is 10.7. The van der Waals surface area contributed by atoms with Crippen LogP contribution in [0.3, 0.4) is 0 Å².